The number of likely N-dealkylation sites (N-methyl/N-ethyl adjacent to an activating group) is 1. The van der Waals surface area contributed by atoms with Crippen LogP contribution >= 0.6 is 0 Å². The summed E-state index contributed by atoms with van der Waals surface area (Å²) in [5.41, 5.74) is 0.843. The number of carbonyl (C=O) groups is 2. The summed E-state index contributed by atoms with van der Waals surface area (Å²) in [5.74, 6) is 0.0428. The number of carbonyl (C=O) groups excluding carboxylic acids is 2. The van der Waals surface area contributed by atoms with Crippen molar-refractivity contribution in [1.29, 1.82) is 0 Å². The molecule has 1 aliphatic heterocycles. The summed E-state index contributed by atoms with van der Waals surface area (Å²) in [7, 11) is -1.87. The fourth-order valence-electron chi connectivity index (χ4n) is 5.76. The van der Waals surface area contributed by atoms with E-state index in [1.807, 2.05) is 17.9 Å². The Morgan fingerprint density at radius 3 is 2.33 bits per heavy atom. The molecule has 1 heterocycles. The Morgan fingerprint density at radius 2 is 1.64 bits per heavy atom. The molecular weight excluding hydrogens is 472 g/mol. The zero-order chi connectivity index (χ0) is 25.7. The number of likely N-dealkylation sites (tertiary alicyclic amines) is 1. The first-order valence-electron chi connectivity index (χ1n) is 13.2. The van der Waals surface area contributed by atoms with Crippen molar-refractivity contribution in [1.82, 2.24) is 10.2 Å². The van der Waals surface area contributed by atoms with Crippen molar-refractivity contribution < 1.29 is 18.0 Å². The highest BCUT2D eigenvalue weighted by atomic mass is 32.2. The van der Waals surface area contributed by atoms with Crippen molar-refractivity contribution in [3.63, 3.8) is 0 Å². The van der Waals surface area contributed by atoms with Gasteiger partial charge in [-0.05, 0) is 75.4 Å². The fraction of sp³-hybridized carbons (Fsp3) is 0.517. The minimum absolute atomic E-state index is 0.0531. The van der Waals surface area contributed by atoms with Crippen LogP contribution in [0.4, 0.5) is 0 Å². The lowest BCUT2D eigenvalue weighted by atomic mass is 9.76. The van der Waals surface area contributed by atoms with Gasteiger partial charge in [0.2, 0.25) is 15.7 Å². The number of ketones is 1. The summed E-state index contributed by atoms with van der Waals surface area (Å²) in [6, 6.07) is 15.0. The van der Waals surface area contributed by atoms with E-state index in [0.29, 0.717) is 6.54 Å². The lowest BCUT2D eigenvalue weighted by Crippen LogP contribution is -2.42. The average molecular weight is 511 g/mol. The lowest BCUT2D eigenvalue weighted by Gasteiger charge is -2.35. The van der Waals surface area contributed by atoms with Gasteiger partial charge in [0.25, 0.3) is 0 Å². The number of rotatable bonds is 9. The molecule has 1 N–H and O–H groups in total. The third-order valence-corrected chi connectivity index (χ3v) is 9.78. The predicted octanol–water partition coefficient (Wildman–Crippen LogP) is 4.95. The monoisotopic (exact) mass is 510 g/mol. The minimum Gasteiger partial charge on any atom is -0.335 e. The molecule has 1 aliphatic carbocycles. The molecule has 36 heavy (non-hydrogen) atoms. The maximum Gasteiger partial charge on any atom is 0.226 e. The van der Waals surface area contributed by atoms with Crippen LogP contribution in [-0.2, 0) is 19.4 Å². The van der Waals surface area contributed by atoms with E-state index in [1.54, 1.807) is 55.6 Å². The molecule has 1 saturated heterocycles. The molecule has 2 aliphatic rings. The van der Waals surface area contributed by atoms with Crippen molar-refractivity contribution in [3.8, 4) is 0 Å². The Bertz CT molecular complexity index is 1160. The molecule has 7 heteroatoms. The van der Waals surface area contributed by atoms with Crippen LogP contribution in [0.15, 0.2) is 64.4 Å². The molecule has 194 valence electrons. The summed E-state index contributed by atoms with van der Waals surface area (Å²) in [4.78, 5) is 29.3. The van der Waals surface area contributed by atoms with Gasteiger partial charge in [-0.25, -0.2) is 8.42 Å². The largest absolute Gasteiger partial charge is 0.335 e. The van der Waals surface area contributed by atoms with Crippen molar-refractivity contribution in [2.45, 2.75) is 80.2 Å². The van der Waals surface area contributed by atoms with Gasteiger partial charge in [0.15, 0.2) is 0 Å². The standard InChI is InChI=1S/C29H38N2O4S/c1-21(30-2)28(32)20-26(22-11-5-3-6-12-22)29(33)31-18-10-17-27(31)23-13-9-16-25(19-23)36(34,35)24-14-7-4-8-15-24/h4,7-9,13-16,19,21-22,26-27,30H,3,5-6,10-12,17-18,20H2,1-2H3/t21-,26-,27-/m0/s1. The van der Waals surface area contributed by atoms with E-state index in [1.165, 1.54) is 6.42 Å². The summed E-state index contributed by atoms with van der Waals surface area (Å²) < 4.78 is 26.4. The zero-order valence-electron chi connectivity index (χ0n) is 21.4. The third-order valence-electron chi connectivity index (χ3n) is 8.02. The van der Waals surface area contributed by atoms with Gasteiger partial charge in [0, 0.05) is 18.9 Å². The van der Waals surface area contributed by atoms with E-state index in [2.05, 4.69) is 5.32 Å². The number of nitrogens with zero attached hydrogens (tertiary/aromatic N) is 1. The highest BCUT2D eigenvalue weighted by Crippen LogP contribution is 2.39. The van der Waals surface area contributed by atoms with E-state index in [0.717, 1.165) is 44.1 Å². The molecule has 1 saturated carbocycles. The van der Waals surface area contributed by atoms with E-state index in [4.69, 9.17) is 0 Å². The molecule has 2 fully saturated rings. The number of hydrogen-bond acceptors (Lipinski definition) is 5. The van der Waals surface area contributed by atoms with Crippen LogP contribution in [0.1, 0.15) is 69.9 Å². The van der Waals surface area contributed by atoms with Crippen LogP contribution in [0, 0.1) is 11.8 Å². The van der Waals surface area contributed by atoms with E-state index in [9.17, 15) is 18.0 Å². The Kier molecular flexibility index (Phi) is 8.62. The van der Waals surface area contributed by atoms with Crippen LogP contribution in [0.3, 0.4) is 0 Å². The van der Waals surface area contributed by atoms with Crippen molar-refractivity contribution >= 4 is 21.5 Å². The highest BCUT2D eigenvalue weighted by Gasteiger charge is 2.39. The first kappa shape index (κ1) is 26.6. The van der Waals surface area contributed by atoms with Crippen LogP contribution < -0.4 is 5.32 Å². The Morgan fingerprint density at radius 1 is 0.944 bits per heavy atom. The molecule has 3 atom stereocenters. The third kappa shape index (κ3) is 5.73. The quantitative estimate of drug-likeness (QED) is 0.516. The van der Waals surface area contributed by atoms with Gasteiger partial charge in [0.1, 0.15) is 5.78 Å². The Labute approximate surface area is 215 Å². The Hall–Kier alpha value is -2.51. The smallest absolute Gasteiger partial charge is 0.226 e. The molecule has 0 unspecified atom stereocenters. The number of hydrogen-bond donors (Lipinski definition) is 1. The maximum atomic E-state index is 14.0. The topological polar surface area (TPSA) is 83.6 Å². The molecule has 1 amide bonds. The molecule has 6 nitrogen and oxygen atoms in total. The minimum atomic E-state index is -3.65. The number of benzene rings is 2. The summed E-state index contributed by atoms with van der Waals surface area (Å²) >= 11 is 0. The van der Waals surface area contributed by atoms with Gasteiger partial charge in [-0.2, -0.15) is 0 Å². The van der Waals surface area contributed by atoms with Crippen LogP contribution in [0.5, 0.6) is 0 Å². The number of sulfone groups is 1. The lowest BCUT2D eigenvalue weighted by molar-refractivity contribution is -0.141. The van der Waals surface area contributed by atoms with Crippen molar-refractivity contribution in [2.24, 2.45) is 11.8 Å². The van der Waals surface area contributed by atoms with Crippen molar-refractivity contribution in [2.75, 3.05) is 13.6 Å². The van der Waals surface area contributed by atoms with Gasteiger partial charge in [-0.1, -0.05) is 49.6 Å². The summed E-state index contributed by atoms with van der Waals surface area (Å²) in [5, 5.41) is 3.02. The second kappa shape index (κ2) is 11.7. The number of amides is 1. The predicted molar refractivity (Wildman–Crippen MR) is 140 cm³/mol. The summed E-state index contributed by atoms with van der Waals surface area (Å²) in [6.45, 7) is 2.49. The van der Waals surface area contributed by atoms with Crippen LogP contribution in [-0.4, -0.2) is 44.6 Å². The molecule has 2 aromatic carbocycles. The van der Waals surface area contributed by atoms with E-state index in [-0.39, 0.29) is 51.8 Å². The van der Waals surface area contributed by atoms with Crippen molar-refractivity contribution in [3.05, 3.63) is 60.2 Å². The molecule has 2 aromatic rings. The van der Waals surface area contributed by atoms with E-state index < -0.39 is 9.84 Å². The normalized spacial score (nSPS) is 20.7. The molecule has 0 spiro atoms. The summed E-state index contributed by atoms with van der Waals surface area (Å²) in [6.07, 6.45) is 7.29. The first-order chi connectivity index (χ1) is 17.3. The van der Waals surface area contributed by atoms with E-state index >= 15 is 0 Å². The second-order valence-electron chi connectivity index (χ2n) is 10.3. The van der Waals surface area contributed by atoms with Crippen LogP contribution in [0.2, 0.25) is 0 Å². The van der Waals surface area contributed by atoms with Gasteiger partial charge in [-0.3, -0.25) is 9.59 Å². The van der Waals surface area contributed by atoms with Crippen LogP contribution in [0.25, 0.3) is 0 Å². The molecule has 0 aromatic heterocycles. The molecular formula is C29H38N2O4S. The fourth-order valence-corrected chi connectivity index (χ4v) is 7.10. The molecule has 0 radical (unpaired) electrons. The SMILES string of the molecule is CN[C@@H](C)C(=O)C[C@H](C(=O)N1CCC[C@H]1c1cccc(S(=O)(=O)c2ccccc2)c1)C1CCCCC1. The number of Topliss-reactive ketones (excluding diaryl/α,β-unsaturated/α-hetero) is 1. The van der Waals surface area contributed by atoms with Gasteiger partial charge < -0.3 is 10.2 Å². The van der Waals surface area contributed by atoms with Gasteiger partial charge >= 0.3 is 0 Å². The number of nitrogens with one attached hydrogen (secondary N) is 1. The van der Waals surface area contributed by atoms with Gasteiger partial charge in [-0.15, -0.1) is 0 Å². The first-order valence-corrected chi connectivity index (χ1v) is 14.7. The molecule has 4 rings (SSSR count). The zero-order valence-corrected chi connectivity index (χ0v) is 22.2. The molecule has 0 bridgehead atoms. The Balaban J connectivity index is 1.60. The highest BCUT2D eigenvalue weighted by molar-refractivity contribution is 7.91. The maximum absolute atomic E-state index is 14.0. The second-order valence-corrected chi connectivity index (χ2v) is 12.2. The van der Waals surface area contributed by atoms with Gasteiger partial charge in [0.05, 0.1) is 21.9 Å². The average Bonchev–Trinajstić information content (AvgIpc) is 3.42.